The van der Waals surface area contributed by atoms with E-state index in [1.54, 1.807) is 11.8 Å². The molecule has 0 aliphatic carbocycles. The van der Waals surface area contributed by atoms with Gasteiger partial charge in [-0.05, 0) is 11.3 Å². The molecule has 13 heavy (non-hydrogen) atoms. The third kappa shape index (κ3) is 1.59. The molecule has 0 spiro atoms. The number of alkyl halides is 1. The molecule has 0 saturated carbocycles. The minimum atomic E-state index is 0.453. The third-order valence-electron chi connectivity index (χ3n) is 2.43. The Morgan fingerprint density at radius 2 is 2.54 bits per heavy atom. The molecular weight excluding hydrogens is 204 g/mol. The van der Waals surface area contributed by atoms with Crippen LogP contribution in [0.4, 0.5) is 0 Å². The number of thioether (sulfide) groups is 1. The van der Waals surface area contributed by atoms with Crippen LogP contribution in [0.25, 0.3) is 0 Å². The van der Waals surface area contributed by atoms with Gasteiger partial charge in [-0.1, -0.05) is 25.6 Å². The zero-order valence-electron chi connectivity index (χ0n) is 7.83. The Morgan fingerprint density at radius 1 is 1.77 bits per heavy atom. The number of aliphatic imine (C=N–C) groups is 1. The van der Waals surface area contributed by atoms with Crippen LogP contribution in [0.2, 0.25) is 0 Å². The highest BCUT2D eigenvalue weighted by atomic mass is 35.5. The standard InChI is InChI=1S/C9H13ClN2S/c1-6(2)8-4-12-7(3-10)5-13-9(12)11-8/h5-6,8H,3-4H2,1-2H3. The molecule has 2 rings (SSSR count). The number of fused-ring (bicyclic) bond motifs is 1. The Balaban J connectivity index is 2.10. The maximum atomic E-state index is 5.82. The Kier molecular flexibility index (Phi) is 2.56. The van der Waals surface area contributed by atoms with Crippen molar-refractivity contribution >= 4 is 28.5 Å². The van der Waals surface area contributed by atoms with Crippen LogP contribution in [-0.2, 0) is 0 Å². The van der Waals surface area contributed by atoms with E-state index in [1.165, 1.54) is 5.70 Å². The molecule has 0 aromatic heterocycles. The molecule has 2 aliphatic heterocycles. The van der Waals surface area contributed by atoms with Crippen LogP contribution in [0.5, 0.6) is 0 Å². The zero-order valence-corrected chi connectivity index (χ0v) is 9.40. The fourth-order valence-corrected chi connectivity index (χ4v) is 2.78. The summed E-state index contributed by atoms with van der Waals surface area (Å²) in [6.07, 6.45) is 0. The molecule has 4 heteroatoms. The molecule has 0 amide bonds. The summed E-state index contributed by atoms with van der Waals surface area (Å²) in [4.78, 5) is 6.88. The van der Waals surface area contributed by atoms with E-state index in [1.807, 2.05) is 0 Å². The SMILES string of the molecule is CC(C)C1CN2C(CCl)=CSC2=N1. The largest absolute Gasteiger partial charge is 0.321 e. The van der Waals surface area contributed by atoms with E-state index < -0.39 is 0 Å². The van der Waals surface area contributed by atoms with Crippen LogP contribution in [0.1, 0.15) is 13.8 Å². The van der Waals surface area contributed by atoms with Crippen molar-refractivity contribution in [3.63, 3.8) is 0 Å². The molecule has 72 valence electrons. The molecule has 2 aliphatic rings. The van der Waals surface area contributed by atoms with Gasteiger partial charge in [-0.15, -0.1) is 11.6 Å². The second-order valence-corrected chi connectivity index (χ2v) is 4.80. The Morgan fingerprint density at radius 3 is 3.15 bits per heavy atom. The number of hydrogen-bond donors (Lipinski definition) is 0. The first-order valence-electron chi connectivity index (χ1n) is 4.49. The van der Waals surface area contributed by atoms with Crippen molar-refractivity contribution in [2.45, 2.75) is 19.9 Å². The summed E-state index contributed by atoms with van der Waals surface area (Å²) in [5, 5.41) is 3.23. The smallest absolute Gasteiger partial charge is 0.168 e. The number of halogens is 1. The molecule has 1 unspecified atom stereocenters. The summed E-state index contributed by atoms with van der Waals surface area (Å²) in [5.74, 6) is 1.21. The Labute approximate surface area is 88.0 Å². The lowest BCUT2D eigenvalue weighted by Gasteiger charge is -2.17. The molecular formula is C9H13ClN2S. The molecule has 0 N–H and O–H groups in total. The van der Waals surface area contributed by atoms with Crippen LogP contribution in [0.3, 0.4) is 0 Å². The number of amidine groups is 1. The highest BCUT2D eigenvalue weighted by Gasteiger charge is 2.32. The third-order valence-corrected chi connectivity index (χ3v) is 3.63. The van der Waals surface area contributed by atoms with E-state index >= 15 is 0 Å². The molecule has 2 nitrogen and oxygen atoms in total. The van der Waals surface area contributed by atoms with Crippen LogP contribution in [0.15, 0.2) is 16.1 Å². The van der Waals surface area contributed by atoms with Crippen molar-refractivity contribution in [2.24, 2.45) is 10.9 Å². The lowest BCUT2D eigenvalue weighted by Crippen LogP contribution is -2.26. The maximum Gasteiger partial charge on any atom is 0.168 e. The van der Waals surface area contributed by atoms with Crippen LogP contribution in [-0.4, -0.2) is 28.5 Å². The van der Waals surface area contributed by atoms with E-state index in [9.17, 15) is 0 Å². The van der Waals surface area contributed by atoms with Crippen molar-refractivity contribution in [1.82, 2.24) is 4.90 Å². The fraction of sp³-hybridized carbons (Fsp3) is 0.667. The predicted octanol–water partition coefficient (Wildman–Crippen LogP) is 2.51. The van der Waals surface area contributed by atoms with Crippen LogP contribution >= 0.6 is 23.4 Å². The quantitative estimate of drug-likeness (QED) is 0.660. The molecule has 0 aromatic carbocycles. The predicted molar refractivity (Wildman–Crippen MR) is 59.2 cm³/mol. The van der Waals surface area contributed by atoms with Crippen molar-refractivity contribution < 1.29 is 0 Å². The number of nitrogens with zero attached hydrogens (tertiary/aromatic N) is 2. The molecule has 2 heterocycles. The van der Waals surface area contributed by atoms with Crippen molar-refractivity contribution in [1.29, 1.82) is 0 Å². The molecule has 0 saturated heterocycles. The van der Waals surface area contributed by atoms with Gasteiger partial charge in [-0.2, -0.15) is 0 Å². The summed E-state index contributed by atoms with van der Waals surface area (Å²) in [6, 6.07) is 0.453. The van der Waals surface area contributed by atoms with Gasteiger partial charge in [0.15, 0.2) is 5.17 Å². The fourth-order valence-electron chi connectivity index (χ4n) is 1.50. The first-order valence-corrected chi connectivity index (χ1v) is 5.91. The number of rotatable bonds is 2. The summed E-state index contributed by atoms with van der Waals surface area (Å²) in [6.45, 7) is 5.44. The highest BCUT2D eigenvalue weighted by Crippen LogP contribution is 2.33. The summed E-state index contributed by atoms with van der Waals surface area (Å²) in [7, 11) is 0. The molecule has 0 radical (unpaired) electrons. The van der Waals surface area contributed by atoms with Crippen molar-refractivity contribution in [3.8, 4) is 0 Å². The normalized spacial score (nSPS) is 26.5. The van der Waals surface area contributed by atoms with E-state index in [0.717, 1.165) is 11.7 Å². The minimum Gasteiger partial charge on any atom is -0.321 e. The lowest BCUT2D eigenvalue weighted by atomic mass is 10.1. The average Bonchev–Trinajstić information content (AvgIpc) is 2.60. The maximum absolute atomic E-state index is 5.82. The van der Waals surface area contributed by atoms with Crippen molar-refractivity contribution in [2.75, 3.05) is 12.4 Å². The summed E-state index contributed by atoms with van der Waals surface area (Å²) >= 11 is 7.52. The van der Waals surface area contributed by atoms with Crippen molar-refractivity contribution in [3.05, 3.63) is 11.1 Å². The van der Waals surface area contributed by atoms with Gasteiger partial charge in [0.25, 0.3) is 0 Å². The molecule has 0 bridgehead atoms. The van der Waals surface area contributed by atoms with Gasteiger partial charge in [0.1, 0.15) is 0 Å². The summed E-state index contributed by atoms with van der Waals surface area (Å²) < 4.78 is 0. The second-order valence-electron chi connectivity index (χ2n) is 3.69. The Hall–Kier alpha value is -0.150. The van der Waals surface area contributed by atoms with E-state index in [2.05, 4.69) is 29.1 Å². The van der Waals surface area contributed by atoms with E-state index in [0.29, 0.717) is 17.8 Å². The molecule has 0 fully saturated rings. The van der Waals surface area contributed by atoms with Gasteiger partial charge in [0.05, 0.1) is 11.9 Å². The summed E-state index contributed by atoms with van der Waals surface area (Å²) in [5.41, 5.74) is 1.20. The second kappa shape index (κ2) is 3.54. The van der Waals surface area contributed by atoms with Gasteiger partial charge < -0.3 is 4.90 Å². The van der Waals surface area contributed by atoms with Gasteiger partial charge in [0.2, 0.25) is 0 Å². The first kappa shape index (κ1) is 9.41. The van der Waals surface area contributed by atoms with Crippen LogP contribution in [0, 0.1) is 5.92 Å². The van der Waals surface area contributed by atoms with E-state index in [-0.39, 0.29) is 0 Å². The monoisotopic (exact) mass is 216 g/mol. The minimum absolute atomic E-state index is 0.453. The average molecular weight is 217 g/mol. The van der Waals surface area contributed by atoms with Gasteiger partial charge in [-0.25, -0.2) is 0 Å². The number of hydrogen-bond acceptors (Lipinski definition) is 3. The Bertz CT molecular complexity index is 273. The first-order chi connectivity index (χ1) is 6.22. The zero-order chi connectivity index (χ0) is 9.42. The van der Waals surface area contributed by atoms with E-state index in [4.69, 9.17) is 11.6 Å². The van der Waals surface area contributed by atoms with Gasteiger partial charge in [-0.3, -0.25) is 4.99 Å². The number of allylic oxidation sites excluding steroid dienone is 1. The lowest BCUT2D eigenvalue weighted by molar-refractivity contribution is 0.435. The highest BCUT2D eigenvalue weighted by molar-refractivity contribution is 8.16. The topological polar surface area (TPSA) is 15.6 Å². The molecule has 1 atom stereocenters. The molecule has 0 aromatic rings. The van der Waals surface area contributed by atoms with Gasteiger partial charge >= 0.3 is 0 Å². The van der Waals surface area contributed by atoms with Crippen LogP contribution < -0.4 is 0 Å². The van der Waals surface area contributed by atoms with Gasteiger partial charge in [0, 0.05) is 12.2 Å².